The highest BCUT2D eigenvalue weighted by atomic mass is 19.1. The molecule has 0 saturated heterocycles. The number of amides is 1. The van der Waals surface area contributed by atoms with Gasteiger partial charge in [0.25, 0.3) is 5.91 Å². The summed E-state index contributed by atoms with van der Waals surface area (Å²) in [4.78, 5) is 13.8. The van der Waals surface area contributed by atoms with Gasteiger partial charge in [0, 0.05) is 12.6 Å². The number of rotatable bonds is 2. The molecule has 0 bridgehead atoms. The van der Waals surface area contributed by atoms with Crippen molar-refractivity contribution in [1.29, 1.82) is 5.26 Å². The van der Waals surface area contributed by atoms with Crippen LogP contribution in [0.3, 0.4) is 0 Å². The Hall–Kier alpha value is -2.67. The molecule has 100 valence electrons. The van der Waals surface area contributed by atoms with Crippen molar-refractivity contribution in [2.24, 2.45) is 0 Å². The second-order valence-electron chi connectivity index (χ2n) is 4.45. The summed E-state index contributed by atoms with van der Waals surface area (Å²) in [5.41, 5.74) is 1.93. The molecule has 0 saturated carbocycles. The molecule has 0 atom stereocenters. The molecule has 2 aromatic carbocycles. The number of carbonyl (C=O) groups excluding carboxylic acids is 1. The van der Waals surface area contributed by atoms with Crippen LogP contribution in [0.1, 0.15) is 21.5 Å². The molecule has 1 amide bonds. The SMILES string of the molecule is Cc1cc(F)ccc1C(=O)N(C)c1ccccc1C#N. The number of nitrogens with zero attached hydrogens (tertiary/aromatic N) is 2. The fraction of sp³-hybridized carbons (Fsp3) is 0.125. The van der Waals surface area contributed by atoms with Crippen molar-refractivity contribution in [3.8, 4) is 6.07 Å². The van der Waals surface area contributed by atoms with Crippen molar-refractivity contribution in [2.45, 2.75) is 6.92 Å². The lowest BCUT2D eigenvalue weighted by atomic mass is 10.1. The molecule has 2 rings (SSSR count). The van der Waals surface area contributed by atoms with Crippen LogP contribution in [0.5, 0.6) is 0 Å². The Kier molecular flexibility index (Phi) is 3.81. The normalized spacial score (nSPS) is 9.90. The van der Waals surface area contributed by atoms with E-state index in [1.54, 1.807) is 38.2 Å². The van der Waals surface area contributed by atoms with Gasteiger partial charge in [-0.25, -0.2) is 4.39 Å². The number of hydrogen-bond acceptors (Lipinski definition) is 2. The summed E-state index contributed by atoms with van der Waals surface area (Å²) in [6, 6.07) is 12.9. The van der Waals surface area contributed by atoms with Gasteiger partial charge >= 0.3 is 0 Å². The maximum atomic E-state index is 13.1. The van der Waals surface area contributed by atoms with E-state index >= 15 is 0 Å². The Morgan fingerprint density at radius 2 is 1.95 bits per heavy atom. The molecule has 0 fully saturated rings. The first kappa shape index (κ1) is 13.8. The minimum Gasteiger partial charge on any atom is -0.310 e. The van der Waals surface area contributed by atoms with E-state index in [1.807, 2.05) is 0 Å². The zero-order chi connectivity index (χ0) is 14.7. The smallest absolute Gasteiger partial charge is 0.258 e. The van der Waals surface area contributed by atoms with Crippen molar-refractivity contribution in [3.63, 3.8) is 0 Å². The zero-order valence-electron chi connectivity index (χ0n) is 11.2. The average molecular weight is 268 g/mol. The average Bonchev–Trinajstić information content (AvgIpc) is 2.45. The lowest BCUT2D eigenvalue weighted by molar-refractivity contribution is 0.0992. The largest absolute Gasteiger partial charge is 0.310 e. The summed E-state index contributed by atoms with van der Waals surface area (Å²) in [6.45, 7) is 1.68. The quantitative estimate of drug-likeness (QED) is 0.839. The standard InChI is InChI=1S/C16H13FN2O/c1-11-9-13(17)7-8-14(11)16(20)19(2)15-6-4-3-5-12(15)10-18/h3-9H,1-2H3. The minimum absolute atomic E-state index is 0.273. The molecule has 0 spiro atoms. The topological polar surface area (TPSA) is 44.1 Å². The molecule has 0 aliphatic rings. The molecule has 0 aromatic heterocycles. The summed E-state index contributed by atoms with van der Waals surface area (Å²) in [6.07, 6.45) is 0. The lowest BCUT2D eigenvalue weighted by Gasteiger charge is -2.19. The molecule has 0 radical (unpaired) electrons. The Bertz CT molecular complexity index is 704. The van der Waals surface area contributed by atoms with Crippen molar-refractivity contribution in [3.05, 3.63) is 65.0 Å². The number of carbonyl (C=O) groups is 1. The van der Waals surface area contributed by atoms with Crippen LogP contribution in [0.2, 0.25) is 0 Å². The van der Waals surface area contributed by atoms with Gasteiger partial charge in [0.15, 0.2) is 0 Å². The minimum atomic E-state index is -0.376. The van der Waals surface area contributed by atoms with E-state index in [9.17, 15) is 9.18 Å². The highest BCUT2D eigenvalue weighted by Crippen LogP contribution is 2.21. The van der Waals surface area contributed by atoms with E-state index in [0.717, 1.165) is 0 Å². The van der Waals surface area contributed by atoms with Crippen LogP contribution < -0.4 is 4.90 Å². The molecule has 20 heavy (non-hydrogen) atoms. The first-order valence-electron chi connectivity index (χ1n) is 6.08. The number of nitriles is 1. The number of para-hydroxylation sites is 1. The highest BCUT2D eigenvalue weighted by molar-refractivity contribution is 6.07. The molecule has 2 aromatic rings. The van der Waals surface area contributed by atoms with Gasteiger partial charge in [0.1, 0.15) is 11.9 Å². The first-order chi connectivity index (χ1) is 9.54. The van der Waals surface area contributed by atoms with Crippen molar-refractivity contribution in [2.75, 3.05) is 11.9 Å². The lowest BCUT2D eigenvalue weighted by Crippen LogP contribution is -2.27. The number of anilines is 1. The fourth-order valence-corrected chi connectivity index (χ4v) is 2.02. The van der Waals surface area contributed by atoms with Gasteiger partial charge < -0.3 is 4.90 Å². The number of aryl methyl sites for hydroxylation is 1. The van der Waals surface area contributed by atoms with Crippen molar-refractivity contribution < 1.29 is 9.18 Å². The third kappa shape index (κ3) is 2.52. The summed E-state index contributed by atoms with van der Waals surface area (Å²) < 4.78 is 13.1. The van der Waals surface area contributed by atoms with E-state index in [2.05, 4.69) is 6.07 Å². The Morgan fingerprint density at radius 3 is 2.60 bits per heavy atom. The van der Waals surface area contributed by atoms with E-state index in [0.29, 0.717) is 22.4 Å². The van der Waals surface area contributed by atoms with Crippen LogP contribution in [0.15, 0.2) is 42.5 Å². The van der Waals surface area contributed by atoms with Crippen LogP contribution in [-0.4, -0.2) is 13.0 Å². The summed E-state index contributed by atoms with van der Waals surface area (Å²) in [7, 11) is 1.60. The Balaban J connectivity index is 2.41. The van der Waals surface area contributed by atoms with Gasteiger partial charge in [-0.2, -0.15) is 5.26 Å². The van der Waals surface area contributed by atoms with E-state index < -0.39 is 0 Å². The Morgan fingerprint density at radius 1 is 1.25 bits per heavy atom. The van der Waals surface area contributed by atoms with Gasteiger partial charge in [-0.1, -0.05) is 12.1 Å². The van der Waals surface area contributed by atoms with Crippen LogP contribution in [0.4, 0.5) is 10.1 Å². The molecule has 0 unspecified atom stereocenters. The van der Waals surface area contributed by atoms with Gasteiger partial charge in [0.2, 0.25) is 0 Å². The van der Waals surface area contributed by atoms with Crippen molar-refractivity contribution >= 4 is 11.6 Å². The fourth-order valence-electron chi connectivity index (χ4n) is 2.02. The van der Waals surface area contributed by atoms with Gasteiger partial charge in [-0.3, -0.25) is 4.79 Å². The highest BCUT2D eigenvalue weighted by Gasteiger charge is 2.18. The first-order valence-corrected chi connectivity index (χ1v) is 6.08. The monoisotopic (exact) mass is 268 g/mol. The van der Waals surface area contributed by atoms with Gasteiger partial charge in [-0.05, 0) is 42.8 Å². The number of halogens is 1. The predicted molar refractivity (Wildman–Crippen MR) is 75.0 cm³/mol. The number of benzene rings is 2. The van der Waals surface area contributed by atoms with Crippen LogP contribution in [0, 0.1) is 24.1 Å². The Labute approximate surface area is 116 Å². The molecule has 3 nitrogen and oxygen atoms in total. The van der Waals surface area contributed by atoms with E-state index in [4.69, 9.17) is 5.26 Å². The molecule has 0 N–H and O–H groups in total. The van der Waals surface area contributed by atoms with E-state index in [1.165, 1.54) is 23.1 Å². The molecular weight excluding hydrogens is 255 g/mol. The summed E-state index contributed by atoms with van der Waals surface area (Å²) in [5.74, 6) is -0.649. The predicted octanol–water partition coefficient (Wildman–Crippen LogP) is 3.28. The summed E-state index contributed by atoms with van der Waals surface area (Å²) >= 11 is 0. The molecule has 0 aliphatic carbocycles. The third-order valence-electron chi connectivity index (χ3n) is 3.11. The maximum absolute atomic E-state index is 13.1. The molecule has 4 heteroatoms. The van der Waals surface area contributed by atoms with Crippen LogP contribution >= 0.6 is 0 Å². The van der Waals surface area contributed by atoms with Crippen molar-refractivity contribution in [1.82, 2.24) is 0 Å². The molecule has 0 aliphatic heterocycles. The number of hydrogen-bond donors (Lipinski definition) is 0. The molecular formula is C16H13FN2O. The second-order valence-corrected chi connectivity index (χ2v) is 4.45. The molecule has 0 heterocycles. The van der Waals surface area contributed by atoms with Gasteiger partial charge in [0.05, 0.1) is 11.3 Å². The zero-order valence-corrected chi connectivity index (χ0v) is 11.2. The van der Waals surface area contributed by atoms with Crippen LogP contribution in [-0.2, 0) is 0 Å². The maximum Gasteiger partial charge on any atom is 0.258 e. The van der Waals surface area contributed by atoms with Gasteiger partial charge in [-0.15, -0.1) is 0 Å². The van der Waals surface area contributed by atoms with Crippen LogP contribution in [0.25, 0.3) is 0 Å². The third-order valence-corrected chi connectivity index (χ3v) is 3.11. The summed E-state index contributed by atoms with van der Waals surface area (Å²) in [5, 5.41) is 9.07. The van der Waals surface area contributed by atoms with E-state index in [-0.39, 0.29) is 11.7 Å². The second kappa shape index (κ2) is 5.54.